The van der Waals surface area contributed by atoms with Crippen LogP contribution in [-0.4, -0.2) is 14.7 Å². The number of hydrogen-bond acceptors (Lipinski definition) is 3. The van der Waals surface area contributed by atoms with Gasteiger partial charge in [-0.3, -0.25) is 10.3 Å². The van der Waals surface area contributed by atoms with Crippen molar-refractivity contribution in [3.8, 4) is 0 Å². The van der Waals surface area contributed by atoms with Crippen LogP contribution in [0.1, 0.15) is 26.0 Å². The number of anilines is 1. The Labute approximate surface area is 111 Å². The van der Waals surface area contributed by atoms with Gasteiger partial charge < -0.3 is 4.74 Å². The topological polar surface area (TPSA) is 51.2 Å². The van der Waals surface area contributed by atoms with E-state index in [2.05, 4.69) is 10.3 Å². The summed E-state index contributed by atoms with van der Waals surface area (Å²) in [7, 11) is 0. The number of halogens is 3. The number of ether oxygens (including phenoxy) is 1. The van der Waals surface area contributed by atoms with Crippen molar-refractivity contribution in [2.45, 2.75) is 23.9 Å². The Balaban J connectivity index is 2.69. The van der Waals surface area contributed by atoms with Gasteiger partial charge in [-0.05, 0) is 48.6 Å². The summed E-state index contributed by atoms with van der Waals surface area (Å²) in [6, 6.07) is 2.51. The van der Waals surface area contributed by atoms with Crippen LogP contribution in [0.2, 0.25) is 0 Å². The molecular weight excluding hydrogens is 345 g/mol. The molecule has 7 heteroatoms. The van der Waals surface area contributed by atoms with Gasteiger partial charge in [0.15, 0.2) is 3.61 Å². The van der Waals surface area contributed by atoms with E-state index < -0.39 is 21.8 Å². The van der Waals surface area contributed by atoms with E-state index in [1.807, 2.05) is 22.6 Å². The van der Waals surface area contributed by atoms with E-state index in [1.165, 1.54) is 12.3 Å². The second-order valence-electron chi connectivity index (χ2n) is 3.65. The largest absolute Gasteiger partial charge is 0.433 e. The average Bonchev–Trinajstić information content (AvgIpc) is 2.14. The highest BCUT2D eigenvalue weighted by atomic mass is 127. The van der Waals surface area contributed by atoms with Crippen molar-refractivity contribution in [1.29, 1.82) is 0 Å². The Kier molecular flexibility index (Phi) is 4.61. The van der Waals surface area contributed by atoms with E-state index in [-0.39, 0.29) is 5.69 Å². The van der Waals surface area contributed by atoms with Crippen molar-refractivity contribution >= 4 is 34.4 Å². The summed E-state index contributed by atoms with van der Waals surface area (Å²) in [4.78, 5) is 14.8. The molecular formula is C10H11F2IN2O2. The second-order valence-corrected chi connectivity index (χ2v) is 6.25. The van der Waals surface area contributed by atoms with Crippen LogP contribution >= 0.6 is 22.6 Å². The standard InChI is InChI=1S/C10H11F2IN2O2/c1-10(2,13)17-9(16)15-6-3-4-14-7(5-6)8(11)12/h3-5,8H,1-2H3,(H,14,15,16). The zero-order chi connectivity index (χ0) is 13.1. The Morgan fingerprint density at radius 2 is 2.24 bits per heavy atom. The van der Waals surface area contributed by atoms with Crippen molar-refractivity contribution < 1.29 is 18.3 Å². The molecule has 0 bridgehead atoms. The van der Waals surface area contributed by atoms with Gasteiger partial charge in [-0.15, -0.1) is 0 Å². The summed E-state index contributed by atoms with van der Waals surface area (Å²) in [5.41, 5.74) is -0.169. The molecule has 0 fully saturated rings. The fraction of sp³-hybridized carbons (Fsp3) is 0.400. The first-order valence-corrected chi connectivity index (χ1v) is 5.79. The lowest BCUT2D eigenvalue weighted by molar-refractivity contribution is 0.121. The van der Waals surface area contributed by atoms with E-state index in [0.717, 1.165) is 6.07 Å². The number of rotatable bonds is 3. The monoisotopic (exact) mass is 356 g/mol. The molecule has 0 aromatic carbocycles. The predicted molar refractivity (Wildman–Crippen MR) is 67.4 cm³/mol. The quantitative estimate of drug-likeness (QED) is 0.663. The molecule has 0 saturated heterocycles. The number of carbonyl (C=O) groups is 1. The highest BCUT2D eigenvalue weighted by molar-refractivity contribution is 14.1. The maximum Gasteiger partial charge on any atom is 0.412 e. The number of alkyl halides is 3. The third-order valence-corrected chi connectivity index (χ3v) is 1.81. The van der Waals surface area contributed by atoms with Crippen LogP contribution in [0.25, 0.3) is 0 Å². The van der Waals surface area contributed by atoms with Crippen LogP contribution in [0.4, 0.5) is 19.3 Å². The molecule has 1 aromatic rings. The number of amides is 1. The molecule has 1 rings (SSSR count). The van der Waals surface area contributed by atoms with Crippen LogP contribution in [0, 0.1) is 0 Å². The Hall–Kier alpha value is -0.990. The molecule has 1 heterocycles. The number of aromatic nitrogens is 1. The first-order chi connectivity index (χ1) is 7.78. The van der Waals surface area contributed by atoms with Crippen LogP contribution < -0.4 is 5.32 Å². The molecule has 0 spiro atoms. The molecule has 17 heavy (non-hydrogen) atoms. The van der Waals surface area contributed by atoms with Crippen molar-refractivity contribution in [2.75, 3.05) is 5.32 Å². The van der Waals surface area contributed by atoms with Crippen molar-refractivity contribution in [1.82, 2.24) is 4.98 Å². The SMILES string of the molecule is CC(C)(I)OC(=O)Nc1ccnc(C(F)F)c1. The molecule has 1 aromatic heterocycles. The third kappa shape index (κ3) is 5.24. The van der Waals surface area contributed by atoms with Gasteiger partial charge in [0, 0.05) is 11.9 Å². The van der Waals surface area contributed by atoms with Gasteiger partial charge in [-0.1, -0.05) is 0 Å². The molecule has 0 atom stereocenters. The van der Waals surface area contributed by atoms with Gasteiger partial charge in [0.2, 0.25) is 0 Å². The van der Waals surface area contributed by atoms with E-state index in [0.29, 0.717) is 0 Å². The van der Waals surface area contributed by atoms with E-state index in [1.54, 1.807) is 13.8 Å². The van der Waals surface area contributed by atoms with Gasteiger partial charge in [-0.25, -0.2) is 13.6 Å². The third-order valence-electron chi connectivity index (χ3n) is 1.59. The Bertz CT molecular complexity index is 408. The summed E-state index contributed by atoms with van der Waals surface area (Å²) < 4.78 is 29.0. The molecule has 0 saturated carbocycles. The van der Waals surface area contributed by atoms with Gasteiger partial charge in [-0.2, -0.15) is 0 Å². The molecule has 0 aliphatic carbocycles. The zero-order valence-corrected chi connectivity index (χ0v) is 11.4. The highest BCUT2D eigenvalue weighted by Crippen LogP contribution is 2.21. The zero-order valence-electron chi connectivity index (χ0n) is 9.21. The first-order valence-electron chi connectivity index (χ1n) is 4.71. The number of pyridine rings is 1. The molecule has 0 aliphatic heterocycles. The average molecular weight is 356 g/mol. The van der Waals surface area contributed by atoms with Crippen molar-refractivity contribution in [3.63, 3.8) is 0 Å². The van der Waals surface area contributed by atoms with Crippen LogP contribution in [0.3, 0.4) is 0 Å². The smallest absolute Gasteiger partial charge is 0.412 e. The molecule has 94 valence electrons. The fourth-order valence-corrected chi connectivity index (χ4v) is 1.21. The minimum absolute atomic E-state index is 0.223. The Morgan fingerprint density at radius 1 is 1.59 bits per heavy atom. The summed E-state index contributed by atoms with van der Waals surface area (Å²) in [6.45, 7) is 3.40. The second kappa shape index (κ2) is 5.56. The van der Waals surface area contributed by atoms with Crippen molar-refractivity contribution in [3.05, 3.63) is 24.0 Å². The van der Waals surface area contributed by atoms with E-state index in [4.69, 9.17) is 4.74 Å². The lowest BCUT2D eigenvalue weighted by atomic mass is 10.3. The first kappa shape index (κ1) is 14.1. The summed E-state index contributed by atoms with van der Waals surface area (Å²) in [5.74, 6) is 0. The molecule has 0 aliphatic rings. The van der Waals surface area contributed by atoms with E-state index >= 15 is 0 Å². The minimum atomic E-state index is -2.67. The van der Waals surface area contributed by atoms with Gasteiger partial charge >= 0.3 is 6.09 Å². The number of hydrogen-bond donors (Lipinski definition) is 1. The summed E-state index contributed by atoms with van der Waals surface area (Å²) in [6.07, 6.45) is -2.17. The number of nitrogens with one attached hydrogen (secondary N) is 1. The van der Waals surface area contributed by atoms with Gasteiger partial charge in [0.25, 0.3) is 6.43 Å². The molecule has 1 N–H and O–H groups in total. The fourth-order valence-electron chi connectivity index (χ4n) is 1.01. The van der Waals surface area contributed by atoms with Crippen LogP contribution in [0.5, 0.6) is 0 Å². The molecule has 0 unspecified atom stereocenters. The molecule has 4 nitrogen and oxygen atoms in total. The maximum atomic E-state index is 12.3. The maximum absolute atomic E-state index is 12.3. The van der Waals surface area contributed by atoms with Crippen molar-refractivity contribution in [2.24, 2.45) is 0 Å². The summed E-state index contributed by atoms with van der Waals surface area (Å²) >= 11 is 1.94. The van der Waals surface area contributed by atoms with Crippen LogP contribution in [-0.2, 0) is 4.74 Å². The van der Waals surface area contributed by atoms with Gasteiger partial charge in [0.1, 0.15) is 5.69 Å². The lowest BCUT2D eigenvalue weighted by Crippen LogP contribution is -2.24. The predicted octanol–water partition coefficient (Wildman–Crippen LogP) is 3.74. The van der Waals surface area contributed by atoms with E-state index in [9.17, 15) is 13.6 Å². The molecule has 0 radical (unpaired) electrons. The highest BCUT2D eigenvalue weighted by Gasteiger charge is 2.18. The van der Waals surface area contributed by atoms with Gasteiger partial charge in [0.05, 0.1) is 0 Å². The lowest BCUT2D eigenvalue weighted by Gasteiger charge is -2.17. The minimum Gasteiger partial charge on any atom is -0.433 e. The molecule has 1 amide bonds. The normalized spacial score (nSPS) is 11.4. The Morgan fingerprint density at radius 3 is 2.76 bits per heavy atom. The number of nitrogens with zero attached hydrogens (tertiary/aromatic N) is 1. The van der Waals surface area contributed by atoms with Crippen LogP contribution in [0.15, 0.2) is 18.3 Å². The summed E-state index contributed by atoms with van der Waals surface area (Å²) in [5, 5.41) is 2.35. The number of carbonyl (C=O) groups excluding carboxylic acids is 1.